The third kappa shape index (κ3) is 3.04. The van der Waals surface area contributed by atoms with E-state index in [1.807, 2.05) is 31.2 Å². The maximum absolute atomic E-state index is 11.4. The Bertz CT molecular complexity index is 321. The molecule has 0 amide bonds. The largest absolute Gasteiger partial charge is 0.468 e. The highest BCUT2D eigenvalue weighted by Crippen LogP contribution is 2.17. The maximum atomic E-state index is 11.4. The molecule has 1 aromatic carbocycles. The van der Waals surface area contributed by atoms with Crippen LogP contribution in [0.4, 0.5) is 0 Å². The second-order valence-corrected chi connectivity index (χ2v) is 3.32. The van der Waals surface area contributed by atoms with Crippen LogP contribution in [0, 0.1) is 6.92 Å². The van der Waals surface area contributed by atoms with E-state index in [0.717, 1.165) is 11.1 Å². The number of hydrogen-bond acceptors (Lipinski definition) is 4. The van der Waals surface area contributed by atoms with Gasteiger partial charge in [0, 0.05) is 0 Å². The second kappa shape index (κ2) is 5.48. The number of rotatable bonds is 4. The average molecular weight is 209 g/mol. The molecule has 0 radical (unpaired) electrons. The highest BCUT2D eigenvalue weighted by atomic mass is 16.6. The summed E-state index contributed by atoms with van der Waals surface area (Å²) in [5, 5.41) is 0. The summed E-state index contributed by atoms with van der Waals surface area (Å²) in [4.78, 5) is 15.9. The van der Waals surface area contributed by atoms with E-state index in [4.69, 9.17) is 5.90 Å². The van der Waals surface area contributed by atoms with E-state index in [1.54, 1.807) is 0 Å². The van der Waals surface area contributed by atoms with Gasteiger partial charge in [0.05, 0.1) is 13.7 Å². The van der Waals surface area contributed by atoms with E-state index in [-0.39, 0.29) is 12.6 Å². The van der Waals surface area contributed by atoms with Gasteiger partial charge in [0.25, 0.3) is 0 Å². The molecule has 0 saturated heterocycles. The fourth-order valence-corrected chi connectivity index (χ4v) is 1.34. The Morgan fingerprint density at radius 1 is 1.40 bits per heavy atom. The van der Waals surface area contributed by atoms with Crippen LogP contribution in [-0.2, 0) is 14.4 Å². The van der Waals surface area contributed by atoms with Crippen molar-refractivity contribution in [3.05, 3.63) is 35.4 Å². The van der Waals surface area contributed by atoms with Crippen LogP contribution in [0.15, 0.2) is 24.3 Å². The van der Waals surface area contributed by atoms with Crippen LogP contribution in [-0.4, -0.2) is 19.7 Å². The third-order valence-corrected chi connectivity index (χ3v) is 2.23. The SMILES string of the molecule is COC(=O)C(CON)c1ccc(C)cc1. The first-order valence-electron chi connectivity index (χ1n) is 4.65. The number of aryl methyl sites for hydroxylation is 1. The van der Waals surface area contributed by atoms with E-state index in [9.17, 15) is 4.79 Å². The van der Waals surface area contributed by atoms with E-state index in [1.165, 1.54) is 7.11 Å². The highest BCUT2D eigenvalue weighted by molar-refractivity contribution is 5.78. The zero-order valence-electron chi connectivity index (χ0n) is 8.90. The number of carbonyl (C=O) groups is 1. The van der Waals surface area contributed by atoms with Gasteiger partial charge in [-0.25, -0.2) is 5.90 Å². The molecule has 4 nitrogen and oxygen atoms in total. The Morgan fingerprint density at radius 2 is 2.00 bits per heavy atom. The first-order chi connectivity index (χ1) is 7.19. The van der Waals surface area contributed by atoms with Gasteiger partial charge in [0.15, 0.2) is 0 Å². The molecule has 0 aromatic heterocycles. The van der Waals surface area contributed by atoms with Crippen LogP contribution >= 0.6 is 0 Å². The second-order valence-electron chi connectivity index (χ2n) is 3.32. The van der Waals surface area contributed by atoms with Crippen molar-refractivity contribution >= 4 is 5.97 Å². The van der Waals surface area contributed by atoms with E-state index < -0.39 is 5.92 Å². The van der Waals surface area contributed by atoms with Crippen molar-refractivity contribution < 1.29 is 14.4 Å². The number of ether oxygens (including phenoxy) is 1. The quantitative estimate of drug-likeness (QED) is 0.596. The summed E-state index contributed by atoms with van der Waals surface area (Å²) in [5.74, 6) is 4.18. The molecule has 1 rings (SSSR count). The van der Waals surface area contributed by atoms with Crippen LogP contribution in [0.2, 0.25) is 0 Å². The van der Waals surface area contributed by atoms with Gasteiger partial charge in [-0.3, -0.25) is 4.79 Å². The normalized spacial score (nSPS) is 12.2. The van der Waals surface area contributed by atoms with Gasteiger partial charge in [0.1, 0.15) is 5.92 Å². The zero-order valence-corrected chi connectivity index (χ0v) is 8.90. The molecule has 0 aliphatic carbocycles. The Balaban J connectivity index is 2.88. The van der Waals surface area contributed by atoms with Gasteiger partial charge < -0.3 is 9.57 Å². The van der Waals surface area contributed by atoms with Crippen LogP contribution < -0.4 is 5.90 Å². The van der Waals surface area contributed by atoms with Gasteiger partial charge in [-0.15, -0.1) is 0 Å². The first kappa shape index (κ1) is 11.7. The van der Waals surface area contributed by atoms with E-state index in [2.05, 4.69) is 9.57 Å². The summed E-state index contributed by atoms with van der Waals surface area (Å²) in [6.07, 6.45) is 0. The van der Waals surface area contributed by atoms with Gasteiger partial charge in [-0.05, 0) is 12.5 Å². The minimum atomic E-state index is -0.458. The minimum absolute atomic E-state index is 0.121. The number of hydrogen-bond donors (Lipinski definition) is 1. The fourth-order valence-electron chi connectivity index (χ4n) is 1.34. The van der Waals surface area contributed by atoms with Crippen molar-refractivity contribution in [2.75, 3.05) is 13.7 Å². The highest BCUT2D eigenvalue weighted by Gasteiger charge is 2.21. The number of methoxy groups -OCH3 is 1. The molecule has 0 aliphatic rings. The lowest BCUT2D eigenvalue weighted by atomic mass is 9.99. The number of esters is 1. The molecule has 0 bridgehead atoms. The van der Waals surface area contributed by atoms with Crippen molar-refractivity contribution in [3.63, 3.8) is 0 Å². The molecule has 82 valence electrons. The van der Waals surface area contributed by atoms with Crippen molar-refractivity contribution in [1.29, 1.82) is 0 Å². The molecule has 1 atom stereocenters. The molecular weight excluding hydrogens is 194 g/mol. The predicted molar refractivity (Wildman–Crippen MR) is 56.1 cm³/mol. The van der Waals surface area contributed by atoms with Gasteiger partial charge in [-0.1, -0.05) is 29.8 Å². The molecule has 1 aromatic rings. The molecule has 0 heterocycles. The lowest BCUT2D eigenvalue weighted by Gasteiger charge is -2.13. The Morgan fingerprint density at radius 3 is 2.47 bits per heavy atom. The molecule has 2 N–H and O–H groups in total. The predicted octanol–water partition coefficient (Wildman–Crippen LogP) is 1.14. The van der Waals surface area contributed by atoms with Crippen LogP contribution in [0.1, 0.15) is 17.0 Å². The zero-order chi connectivity index (χ0) is 11.3. The number of nitrogens with two attached hydrogens (primary N) is 1. The Labute approximate surface area is 88.9 Å². The van der Waals surface area contributed by atoms with Crippen molar-refractivity contribution in [1.82, 2.24) is 0 Å². The lowest BCUT2D eigenvalue weighted by Crippen LogP contribution is -2.21. The summed E-state index contributed by atoms with van der Waals surface area (Å²) in [6.45, 7) is 2.10. The molecular formula is C11H15NO3. The van der Waals surface area contributed by atoms with Crippen LogP contribution in [0.3, 0.4) is 0 Å². The summed E-state index contributed by atoms with van der Waals surface area (Å²) >= 11 is 0. The summed E-state index contributed by atoms with van der Waals surface area (Å²) in [5.41, 5.74) is 1.98. The van der Waals surface area contributed by atoms with Gasteiger partial charge in [-0.2, -0.15) is 0 Å². The number of benzene rings is 1. The van der Waals surface area contributed by atoms with Crippen LogP contribution in [0.25, 0.3) is 0 Å². The molecule has 0 saturated carbocycles. The summed E-state index contributed by atoms with van der Waals surface area (Å²) in [6, 6.07) is 7.61. The topological polar surface area (TPSA) is 61.5 Å². The lowest BCUT2D eigenvalue weighted by molar-refractivity contribution is -0.144. The van der Waals surface area contributed by atoms with E-state index in [0.29, 0.717) is 0 Å². The van der Waals surface area contributed by atoms with Crippen molar-refractivity contribution in [2.24, 2.45) is 5.90 Å². The van der Waals surface area contributed by atoms with Gasteiger partial charge >= 0.3 is 5.97 Å². The standard InChI is InChI=1S/C11H15NO3/c1-8-3-5-9(6-4-8)10(7-15-12)11(13)14-2/h3-6,10H,7,12H2,1-2H3. The Kier molecular flexibility index (Phi) is 4.27. The van der Waals surface area contributed by atoms with Crippen LogP contribution in [0.5, 0.6) is 0 Å². The molecule has 0 spiro atoms. The molecule has 0 aliphatic heterocycles. The van der Waals surface area contributed by atoms with Crippen molar-refractivity contribution in [3.8, 4) is 0 Å². The average Bonchev–Trinajstić information content (AvgIpc) is 2.26. The Hall–Kier alpha value is -1.39. The monoisotopic (exact) mass is 209 g/mol. The molecule has 0 fully saturated rings. The minimum Gasteiger partial charge on any atom is -0.468 e. The molecule has 4 heteroatoms. The number of carbonyl (C=O) groups excluding carboxylic acids is 1. The third-order valence-electron chi connectivity index (χ3n) is 2.23. The van der Waals surface area contributed by atoms with E-state index >= 15 is 0 Å². The maximum Gasteiger partial charge on any atom is 0.315 e. The summed E-state index contributed by atoms with van der Waals surface area (Å²) in [7, 11) is 1.35. The smallest absolute Gasteiger partial charge is 0.315 e. The first-order valence-corrected chi connectivity index (χ1v) is 4.65. The molecule has 1 unspecified atom stereocenters. The summed E-state index contributed by atoms with van der Waals surface area (Å²) < 4.78 is 4.68. The van der Waals surface area contributed by atoms with Crippen molar-refractivity contribution in [2.45, 2.75) is 12.8 Å². The van der Waals surface area contributed by atoms with Gasteiger partial charge in [0.2, 0.25) is 0 Å². The fraction of sp³-hybridized carbons (Fsp3) is 0.364. The molecule has 15 heavy (non-hydrogen) atoms.